The number of piperidine rings is 1. The lowest BCUT2D eigenvalue weighted by Gasteiger charge is -2.27. The third-order valence-electron chi connectivity index (χ3n) is 6.51. The number of alkyl halides is 3. The lowest BCUT2D eigenvalue weighted by atomic mass is 10.1. The zero-order valence-corrected chi connectivity index (χ0v) is 25.9. The highest BCUT2D eigenvalue weighted by molar-refractivity contribution is 7.14. The molecule has 0 atom stereocenters. The number of thiophene rings is 1. The number of amides is 2. The molecule has 2 aromatic carbocycles. The van der Waals surface area contributed by atoms with Gasteiger partial charge in [-0.3, -0.25) is 15.0 Å². The summed E-state index contributed by atoms with van der Waals surface area (Å²) in [4.78, 5) is 31.1. The van der Waals surface area contributed by atoms with Crippen LogP contribution in [0.2, 0.25) is 10.0 Å². The Labute approximate surface area is 266 Å². The Morgan fingerprint density at radius 1 is 1.02 bits per heavy atom. The monoisotopic (exact) mass is 661 g/mol. The number of nitrogens with zero attached hydrogens (tertiary/aromatic N) is 2. The van der Waals surface area contributed by atoms with Gasteiger partial charge in [0.1, 0.15) is 5.70 Å². The van der Waals surface area contributed by atoms with Gasteiger partial charge in [-0.25, -0.2) is 10.0 Å². The van der Waals surface area contributed by atoms with Crippen LogP contribution in [0.1, 0.15) is 47.1 Å². The number of carbonyl (C=O) groups excluding carboxylic acids is 2. The van der Waals surface area contributed by atoms with Crippen LogP contribution in [0.4, 0.5) is 18.9 Å². The molecule has 1 aliphatic heterocycles. The highest BCUT2D eigenvalue weighted by Crippen LogP contribution is 2.32. The lowest BCUT2D eigenvalue weighted by Crippen LogP contribution is -2.47. The second kappa shape index (κ2) is 14.8. The maximum atomic E-state index is 13.3. The minimum absolute atomic E-state index is 0.108. The van der Waals surface area contributed by atoms with Crippen LogP contribution in [0.5, 0.6) is 0 Å². The van der Waals surface area contributed by atoms with Gasteiger partial charge in [-0.1, -0.05) is 41.5 Å². The van der Waals surface area contributed by atoms with Crippen LogP contribution in [0.15, 0.2) is 70.9 Å². The summed E-state index contributed by atoms with van der Waals surface area (Å²) in [6.07, 6.45) is -1.48. The average molecular weight is 663 g/mol. The van der Waals surface area contributed by atoms with E-state index in [0.29, 0.717) is 39.1 Å². The predicted octanol–water partition coefficient (Wildman–Crippen LogP) is 6.46. The minimum atomic E-state index is -4.44. The number of carbonyl (C=O) groups is 2. The smallest absolute Gasteiger partial charge is 0.394 e. The van der Waals surface area contributed by atoms with Crippen molar-refractivity contribution >= 4 is 57.8 Å². The van der Waals surface area contributed by atoms with Gasteiger partial charge in [0.15, 0.2) is 0 Å². The van der Waals surface area contributed by atoms with Crippen LogP contribution in [0, 0.1) is 11.8 Å². The van der Waals surface area contributed by atoms with Gasteiger partial charge in [0.2, 0.25) is 5.91 Å². The number of halogens is 5. The molecule has 0 bridgehead atoms. The second-order valence-electron chi connectivity index (χ2n) is 9.84. The van der Waals surface area contributed by atoms with Crippen molar-refractivity contribution in [2.45, 2.75) is 32.4 Å². The zero-order chi connectivity index (χ0) is 31.9. The molecule has 2 heterocycles. The number of rotatable bonds is 7. The lowest BCUT2D eigenvalue weighted by molar-refractivity contribution is -0.137. The molecular weight excluding hydrogens is 634 g/mol. The zero-order valence-electron chi connectivity index (χ0n) is 23.5. The first-order chi connectivity index (χ1) is 20.9. The first kappa shape index (κ1) is 33.1. The van der Waals surface area contributed by atoms with E-state index >= 15 is 0 Å². The summed E-state index contributed by atoms with van der Waals surface area (Å²) in [7, 11) is 0. The molecule has 0 saturated carbocycles. The summed E-state index contributed by atoms with van der Waals surface area (Å²) in [5.74, 6) is 4.94. The van der Waals surface area contributed by atoms with Crippen molar-refractivity contribution < 1.29 is 22.8 Å². The summed E-state index contributed by atoms with van der Waals surface area (Å²) in [5.41, 5.74) is 9.68. The Kier molecular flexibility index (Phi) is 11.1. The van der Waals surface area contributed by atoms with Crippen molar-refractivity contribution in [3.8, 4) is 11.8 Å². The van der Waals surface area contributed by atoms with Crippen molar-refractivity contribution in [1.82, 2.24) is 15.8 Å². The summed E-state index contributed by atoms with van der Waals surface area (Å²) in [6, 6.07) is 12.8. The molecule has 1 fully saturated rings. The molecule has 4 rings (SSSR count). The molecule has 1 aromatic heterocycles. The fourth-order valence-electron chi connectivity index (χ4n) is 4.24. The molecule has 0 aliphatic carbocycles. The normalized spacial score (nSPS) is 14.7. The van der Waals surface area contributed by atoms with E-state index in [9.17, 15) is 22.8 Å². The number of benzene rings is 2. The van der Waals surface area contributed by atoms with Gasteiger partial charge in [-0.2, -0.15) is 13.2 Å². The Bertz CT molecular complexity index is 1650. The van der Waals surface area contributed by atoms with Crippen LogP contribution >= 0.6 is 34.5 Å². The van der Waals surface area contributed by atoms with Gasteiger partial charge in [0.25, 0.3) is 5.91 Å². The number of nitrogens with one attached hydrogen (secondary N) is 2. The van der Waals surface area contributed by atoms with Gasteiger partial charge < -0.3 is 11.1 Å². The molecule has 4 N–H and O–H groups in total. The van der Waals surface area contributed by atoms with E-state index < -0.39 is 17.6 Å². The highest BCUT2D eigenvalue weighted by Gasteiger charge is 2.30. The molecule has 230 valence electrons. The highest BCUT2D eigenvalue weighted by atomic mass is 35.5. The molecule has 1 aliphatic rings. The van der Waals surface area contributed by atoms with Crippen molar-refractivity contribution in [2.75, 3.05) is 19.6 Å². The van der Waals surface area contributed by atoms with E-state index in [1.54, 1.807) is 24.3 Å². The maximum Gasteiger partial charge on any atom is 0.416 e. The number of hydrogen-bond acceptors (Lipinski definition) is 6. The Hall–Kier alpha value is -3.82. The first-order valence-corrected chi connectivity index (χ1v) is 15.1. The van der Waals surface area contributed by atoms with Crippen molar-refractivity contribution in [2.24, 2.45) is 10.7 Å². The second-order valence-corrected chi connectivity index (χ2v) is 11.8. The minimum Gasteiger partial charge on any atom is -0.394 e. The first-order valence-electron chi connectivity index (χ1n) is 13.5. The predicted molar refractivity (Wildman–Crippen MR) is 168 cm³/mol. The Morgan fingerprint density at radius 3 is 2.36 bits per heavy atom. The van der Waals surface area contributed by atoms with E-state index in [2.05, 4.69) is 22.6 Å². The van der Waals surface area contributed by atoms with Gasteiger partial charge in [0, 0.05) is 42.7 Å². The molecule has 1 saturated heterocycles. The van der Waals surface area contributed by atoms with E-state index in [1.165, 1.54) is 36.5 Å². The molecule has 2 amide bonds. The van der Waals surface area contributed by atoms with Crippen molar-refractivity contribution in [1.29, 1.82) is 0 Å². The number of hydrazine groups is 1. The Morgan fingerprint density at radius 2 is 1.73 bits per heavy atom. The molecule has 0 radical (unpaired) electrons. The molecule has 0 unspecified atom stereocenters. The van der Waals surface area contributed by atoms with Crippen LogP contribution in [-0.4, -0.2) is 42.2 Å². The SMILES string of the molecule is CC(=O)NCC(C(=Nc1ccc(Cl)cc1Cl)c1ccc(C#Cc2ccc(C(F)(F)F)cc2)s1)=C(N)C(=O)NN1CCCCC1. The van der Waals surface area contributed by atoms with Gasteiger partial charge >= 0.3 is 6.18 Å². The van der Waals surface area contributed by atoms with Gasteiger partial charge in [-0.05, 0) is 67.4 Å². The van der Waals surface area contributed by atoms with Crippen LogP contribution in [-0.2, 0) is 15.8 Å². The third-order valence-corrected chi connectivity index (χ3v) is 8.05. The van der Waals surface area contributed by atoms with E-state index in [0.717, 1.165) is 31.4 Å². The fraction of sp³-hybridized carbons (Fsp3) is 0.258. The van der Waals surface area contributed by atoms with E-state index in [1.807, 2.05) is 5.01 Å². The number of aliphatic imine (C=N–C) groups is 1. The van der Waals surface area contributed by atoms with Crippen molar-refractivity contribution in [3.63, 3.8) is 0 Å². The molecule has 3 aromatic rings. The van der Waals surface area contributed by atoms with Crippen LogP contribution in [0.3, 0.4) is 0 Å². The molecular formula is C31H28Cl2F3N5O2S. The van der Waals surface area contributed by atoms with Gasteiger partial charge in [0.05, 0.1) is 31.7 Å². The van der Waals surface area contributed by atoms with Crippen molar-refractivity contribution in [3.05, 3.63) is 96.8 Å². The maximum absolute atomic E-state index is 13.3. The van der Waals surface area contributed by atoms with Gasteiger partial charge in [-0.15, -0.1) is 11.3 Å². The standard InChI is InChI=1S/C31H28Cl2F3N5O2S/c1-19(42)38-18-24(28(37)30(43)40-41-15-3-2-4-16-41)29(39-26-13-10-22(32)17-25(26)33)27-14-12-23(44-27)11-7-20-5-8-21(9-6-20)31(34,35)36/h5-6,8-10,12-14,17H,2-4,15-16,18,37H2,1H3,(H,38,42)(H,40,43). The third kappa shape index (κ3) is 9.09. The number of nitrogens with two attached hydrogens (primary N) is 1. The van der Waals surface area contributed by atoms with Crippen LogP contribution < -0.4 is 16.5 Å². The van der Waals surface area contributed by atoms with E-state index in [-0.39, 0.29) is 34.5 Å². The summed E-state index contributed by atoms with van der Waals surface area (Å²) in [5, 5.41) is 5.17. The summed E-state index contributed by atoms with van der Waals surface area (Å²) >= 11 is 13.8. The Balaban J connectivity index is 1.76. The number of hydrogen-bond donors (Lipinski definition) is 3. The molecule has 13 heteroatoms. The van der Waals surface area contributed by atoms with Crippen LogP contribution in [0.25, 0.3) is 0 Å². The average Bonchev–Trinajstić information content (AvgIpc) is 3.45. The fourth-order valence-corrected chi connectivity index (χ4v) is 5.57. The molecule has 7 nitrogen and oxygen atoms in total. The molecule has 44 heavy (non-hydrogen) atoms. The molecule has 0 spiro atoms. The quantitative estimate of drug-likeness (QED) is 0.154. The summed E-state index contributed by atoms with van der Waals surface area (Å²) < 4.78 is 38.7. The summed E-state index contributed by atoms with van der Waals surface area (Å²) in [6.45, 7) is 2.61. The van der Waals surface area contributed by atoms with E-state index in [4.69, 9.17) is 33.9 Å². The largest absolute Gasteiger partial charge is 0.416 e. The topological polar surface area (TPSA) is 99.8 Å².